The van der Waals surface area contributed by atoms with Crippen LogP contribution in [0.1, 0.15) is 31.1 Å². The summed E-state index contributed by atoms with van der Waals surface area (Å²) in [5.74, 6) is 1.54. The van der Waals surface area contributed by atoms with Crippen LogP contribution in [0.4, 0.5) is 5.69 Å². The molecule has 1 unspecified atom stereocenters. The number of benzene rings is 1. The maximum atomic E-state index is 12.0. The number of carbonyl (C=O) groups excluding carboxylic acids is 1. The number of carbonyl (C=O) groups is 1. The van der Waals surface area contributed by atoms with E-state index in [2.05, 4.69) is 4.90 Å². The lowest BCUT2D eigenvalue weighted by Crippen LogP contribution is -2.25. The number of aliphatic hydroxyl groups is 1. The molecule has 0 spiro atoms. The first kappa shape index (κ1) is 14.4. The molecule has 2 fully saturated rings. The Hall–Kier alpha value is -1.55. The molecule has 4 heteroatoms. The predicted octanol–water partition coefficient (Wildman–Crippen LogP) is 2.32. The number of hydrogen-bond acceptors (Lipinski definition) is 4. The zero-order chi connectivity index (χ0) is 15.2. The van der Waals surface area contributed by atoms with E-state index in [1.54, 1.807) is 0 Å². The lowest BCUT2D eigenvalue weighted by Gasteiger charge is -2.22. The van der Waals surface area contributed by atoms with E-state index in [1.165, 1.54) is 0 Å². The lowest BCUT2D eigenvalue weighted by atomic mass is 10.1. The molecule has 2 aliphatic rings. The van der Waals surface area contributed by atoms with E-state index in [1.807, 2.05) is 45.0 Å². The Kier molecular flexibility index (Phi) is 3.44. The normalized spacial score (nSPS) is 27.4. The van der Waals surface area contributed by atoms with Crippen molar-refractivity contribution < 1.29 is 14.6 Å². The summed E-state index contributed by atoms with van der Waals surface area (Å²) >= 11 is 0. The molecule has 1 aromatic rings. The minimum atomic E-state index is -0.467. The monoisotopic (exact) mass is 289 g/mol. The Balaban J connectivity index is 1.62. The minimum absolute atomic E-state index is 0.279. The van der Waals surface area contributed by atoms with Crippen LogP contribution in [0, 0.1) is 17.8 Å². The topological polar surface area (TPSA) is 49.8 Å². The van der Waals surface area contributed by atoms with Gasteiger partial charge < -0.3 is 14.7 Å². The summed E-state index contributed by atoms with van der Waals surface area (Å²) in [5.41, 5.74) is 1.27. The molecular weight excluding hydrogens is 266 g/mol. The molecule has 1 heterocycles. The Morgan fingerprint density at radius 2 is 1.81 bits per heavy atom. The van der Waals surface area contributed by atoms with Gasteiger partial charge in [0.15, 0.2) is 0 Å². The molecule has 1 aliphatic heterocycles. The zero-order valence-corrected chi connectivity index (χ0v) is 12.9. The van der Waals surface area contributed by atoms with Crippen molar-refractivity contribution in [2.24, 2.45) is 17.8 Å². The van der Waals surface area contributed by atoms with Crippen molar-refractivity contribution in [1.29, 1.82) is 0 Å². The largest absolute Gasteiger partial charge is 0.456 e. The zero-order valence-electron chi connectivity index (χ0n) is 12.9. The first-order chi connectivity index (χ1) is 9.89. The molecule has 1 saturated heterocycles. The van der Waals surface area contributed by atoms with Gasteiger partial charge in [0.2, 0.25) is 0 Å². The van der Waals surface area contributed by atoms with Gasteiger partial charge in [-0.1, -0.05) is 0 Å². The van der Waals surface area contributed by atoms with E-state index < -0.39 is 5.60 Å². The van der Waals surface area contributed by atoms with E-state index in [0.717, 1.165) is 18.8 Å². The van der Waals surface area contributed by atoms with Gasteiger partial charge in [-0.05, 0) is 62.8 Å². The molecule has 0 bridgehead atoms. The average molecular weight is 289 g/mol. The lowest BCUT2D eigenvalue weighted by molar-refractivity contribution is 0.00695. The molecule has 21 heavy (non-hydrogen) atoms. The van der Waals surface area contributed by atoms with E-state index >= 15 is 0 Å². The van der Waals surface area contributed by atoms with Gasteiger partial charge in [-0.25, -0.2) is 4.79 Å². The number of ether oxygens (including phenoxy) is 1. The Labute approximate surface area is 125 Å². The van der Waals surface area contributed by atoms with Crippen LogP contribution < -0.4 is 4.90 Å². The SMILES string of the molecule is CC(C)(C)OC(=O)c1ccc(N2C[C@@H]3C(CO)[C@@H]3C2)cc1. The summed E-state index contributed by atoms with van der Waals surface area (Å²) in [6, 6.07) is 7.63. The number of rotatable bonds is 3. The summed E-state index contributed by atoms with van der Waals surface area (Å²) in [4.78, 5) is 14.3. The van der Waals surface area contributed by atoms with Crippen molar-refractivity contribution in [3.05, 3.63) is 29.8 Å². The van der Waals surface area contributed by atoms with Gasteiger partial charge >= 0.3 is 5.97 Å². The van der Waals surface area contributed by atoms with Crippen molar-refractivity contribution in [2.75, 3.05) is 24.6 Å². The van der Waals surface area contributed by atoms with Crippen molar-refractivity contribution in [2.45, 2.75) is 26.4 Å². The number of nitrogens with zero attached hydrogens (tertiary/aromatic N) is 1. The third kappa shape index (κ3) is 2.91. The summed E-state index contributed by atoms with van der Waals surface area (Å²) in [6.45, 7) is 7.96. The Morgan fingerprint density at radius 1 is 1.24 bits per heavy atom. The highest BCUT2D eigenvalue weighted by Gasteiger charge is 2.55. The second kappa shape index (κ2) is 5.02. The van der Waals surface area contributed by atoms with Crippen LogP contribution in [-0.2, 0) is 4.74 Å². The number of anilines is 1. The number of hydrogen-bond donors (Lipinski definition) is 1. The van der Waals surface area contributed by atoms with Crippen molar-refractivity contribution in [3.63, 3.8) is 0 Å². The van der Waals surface area contributed by atoms with Gasteiger partial charge in [-0.15, -0.1) is 0 Å². The van der Waals surface area contributed by atoms with Gasteiger partial charge in [0.25, 0.3) is 0 Å². The minimum Gasteiger partial charge on any atom is -0.456 e. The van der Waals surface area contributed by atoms with Gasteiger partial charge in [-0.3, -0.25) is 0 Å². The smallest absolute Gasteiger partial charge is 0.338 e. The van der Waals surface area contributed by atoms with E-state index in [4.69, 9.17) is 4.74 Å². The Bertz CT molecular complexity index is 520. The van der Waals surface area contributed by atoms with Crippen LogP contribution in [-0.4, -0.2) is 36.4 Å². The molecule has 0 aromatic heterocycles. The molecule has 1 aromatic carbocycles. The summed E-state index contributed by atoms with van der Waals surface area (Å²) in [5, 5.41) is 9.19. The van der Waals surface area contributed by atoms with Crippen LogP contribution in [0.15, 0.2) is 24.3 Å². The number of piperidine rings is 1. The molecule has 1 saturated carbocycles. The van der Waals surface area contributed by atoms with Crippen LogP contribution in [0.3, 0.4) is 0 Å². The molecule has 1 aliphatic carbocycles. The standard InChI is InChI=1S/C17H23NO3/c1-17(2,3)21-16(20)11-4-6-12(7-5-11)18-8-13-14(9-18)15(13)10-19/h4-7,13-15,19H,8-10H2,1-3H3/t13-,14+,15?. The third-order valence-corrected chi connectivity index (χ3v) is 4.45. The molecule has 4 nitrogen and oxygen atoms in total. The number of esters is 1. The van der Waals surface area contributed by atoms with Crippen molar-refractivity contribution in [1.82, 2.24) is 0 Å². The molecule has 0 radical (unpaired) electrons. The number of fused-ring (bicyclic) bond motifs is 1. The van der Waals surface area contributed by atoms with Gasteiger partial charge in [0, 0.05) is 25.4 Å². The Morgan fingerprint density at radius 3 is 2.29 bits per heavy atom. The molecule has 1 N–H and O–H groups in total. The van der Waals surface area contributed by atoms with Crippen molar-refractivity contribution >= 4 is 11.7 Å². The highest BCUT2D eigenvalue weighted by molar-refractivity contribution is 5.90. The van der Waals surface area contributed by atoms with Crippen LogP contribution in [0.5, 0.6) is 0 Å². The van der Waals surface area contributed by atoms with Gasteiger partial charge in [0.1, 0.15) is 5.60 Å². The maximum Gasteiger partial charge on any atom is 0.338 e. The van der Waals surface area contributed by atoms with E-state index in [-0.39, 0.29) is 5.97 Å². The summed E-state index contributed by atoms with van der Waals surface area (Å²) in [7, 11) is 0. The van der Waals surface area contributed by atoms with Gasteiger partial charge in [0.05, 0.1) is 5.56 Å². The fourth-order valence-electron chi connectivity index (χ4n) is 3.28. The second-order valence-corrected chi connectivity index (χ2v) is 7.13. The van der Waals surface area contributed by atoms with Gasteiger partial charge in [-0.2, -0.15) is 0 Å². The fraction of sp³-hybridized carbons (Fsp3) is 0.588. The average Bonchev–Trinajstić information content (AvgIpc) is 2.88. The first-order valence-corrected chi connectivity index (χ1v) is 7.58. The molecule has 0 amide bonds. The highest BCUT2D eigenvalue weighted by Crippen LogP contribution is 2.52. The summed E-state index contributed by atoms with van der Waals surface area (Å²) in [6.07, 6.45) is 0. The second-order valence-electron chi connectivity index (χ2n) is 7.13. The van der Waals surface area contributed by atoms with Crippen LogP contribution in [0.25, 0.3) is 0 Å². The molecule has 114 valence electrons. The van der Waals surface area contributed by atoms with E-state index in [9.17, 15) is 9.90 Å². The summed E-state index contributed by atoms with van der Waals surface area (Å²) < 4.78 is 5.36. The number of aliphatic hydroxyl groups excluding tert-OH is 1. The predicted molar refractivity (Wildman–Crippen MR) is 81.4 cm³/mol. The molecular formula is C17H23NO3. The third-order valence-electron chi connectivity index (χ3n) is 4.45. The highest BCUT2D eigenvalue weighted by atomic mass is 16.6. The maximum absolute atomic E-state index is 12.0. The molecule has 3 rings (SSSR count). The van der Waals surface area contributed by atoms with Crippen molar-refractivity contribution in [3.8, 4) is 0 Å². The van der Waals surface area contributed by atoms with Crippen LogP contribution in [0.2, 0.25) is 0 Å². The first-order valence-electron chi connectivity index (χ1n) is 7.58. The fourth-order valence-corrected chi connectivity index (χ4v) is 3.28. The van der Waals surface area contributed by atoms with Crippen LogP contribution >= 0.6 is 0 Å². The molecule has 3 atom stereocenters. The quantitative estimate of drug-likeness (QED) is 0.868. The van der Waals surface area contributed by atoms with E-state index in [0.29, 0.717) is 29.9 Å².